The molecule has 0 bridgehead atoms. The average Bonchev–Trinajstić information content (AvgIpc) is 2.63. The molecule has 1 amide bonds. The van der Waals surface area contributed by atoms with Crippen molar-refractivity contribution >= 4 is 5.91 Å². The molecular weight excluding hydrogens is 304 g/mol. The molecule has 132 valence electrons. The number of ether oxygens (including phenoxy) is 2. The van der Waals surface area contributed by atoms with Gasteiger partial charge in [0.1, 0.15) is 6.10 Å². The van der Waals surface area contributed by atoms with Gasteiger partial charge in [0.05, 0.1) is 13.2 Å². The fourth-order valence-corrected chi connectivity index (χ4v) is 3.75. The van der Waals surface area contributed by atoms with Crippen molar-refractivity contribution in [3.63, 3.8) is 0 Å². The third-order valence-corrected chi connectivity index (χ3v) is 5.13. The number of carbonyl (C=O) groups is 1. The number of likely N-dealkylation sites (N-methyl/N-ethyl adjacent to an activating group) is 1. The standard InChI is InChI=1S/C19H28N2O3/c1-4-20-12-15(3)21(13-14(20)2)19(22)18-17(23-10-11-24-18)16-8-6-5-7-9-16/h5-9,14-15,17-18H,4,10-13H2,1-3H3/t14?,15?,17-,18-/m1/s1. The van der Waals surface area contributed by atoms with E-state index in [2.05, 4.69) is 25.7 Å². The lowest BCUT2D eigenvalue weighted by atomic mass is 10.00. The fraction of sp³-hybridized carbons (Fsp3) is 0.632. The molecule has 24 heavy (non-hydrogen) atoms. The van der Waals surface area contributed by atoms with Crippen LogP contribution in [0.15, 0.2) is 30.3 Å². The van der Waals surface area contributed by atoms with E-state index in [0.717, 1.165) is 25.2 Å². The fourth-order valence-electron chi connectivity index (χ4n) is 3.75. The molecular formula is C19H28N2O3. The van der Waals surface area contributed by atoms with Crippen LogP contribution in [0, 0.1) is 0 Å². The third-order valence-electron chi connectivity index (χ3n) is 5.13. The van der Waals surface area contributed by atoms with E-state index in [0.29, 0.717) is 19.3 Å². The summed E-state index contributed by atoms with van der Waals surface area (Å²) in [6.45, 7) is 10.1. The first-order valence-corrected chi connectivity index (χ1v) is 8.94. The number of hydrogen-bond donors (Lipinski definition) is 0. The summed E-state index contributed by atoms with van der Waals surface area (Å²) in [6, 6.07) is 10.5. The lowest BCUT2D eigenvalue weighted by molar-refractivity contribution is -0.180. The van der Waals surface area contributed by atoms with E-state index in [9.17, 15) is 4.79 Å². The maximum atomic E-state index is 13.2. The summed E-state index contributed by atoms with van der Waals surface area (Å²) in [5, 5.41) is 0. The van der Waals surface area contributed by atoms with Crippen LogP contribution in [0.1, 0.15) is 32.4 Å². The highest BCUT2D eigenvalue weighted by molar-refractivity contribution is 5.82. The van der Waals surface area contributed by atoms with Crippen molar-refractivity contribution < 1.29 is 14.3 Å². The van der Waals surface area contributed by atoms with E-state index in [1.165, 1.54) is 0 Å². The van der Waals surface area contributed by atoms with Crippen LogP contribution in [0.25, 0.3) is 0 Å². The van der Waals surface area contributed by atoms with Crippen LogP contribution in [0.3, 0.4) is 0 Å². The van der Waals surface area contributed by atoms with Crippen LogP contribution in [0.4, 0.5) is 0 Å². The second-order valence-corrected chi connectivity index (χ2v) is 6.77. The Labute approximate surface area is 144 Å². The molecule has 0 aliphatic carbocycles. The van der Waals surface area contributed by atoms with Gasteiger partial charge in [-0.3, -0.25) is 9.69 Å². The molecule has 2 fully saturated rings. The highest BCUT2D eigenvalue weighted by Crippen LogP contribution is 2.29. The number of hydrogen-bond acceptors (Lipinski definition) is 4. The lowest BCUT2D eigenvalue weighted by Gasteiger charge is -2.45. The summed E-state index contributed by atoms with van der Waals surface area (Å²) in [5.74, 6) is 0.0543. The molecule has 0 saturated carbocycles. The van der Waals surface area contributed by atoms with Gasteiger partial charge in [-0.1, -0.05) is 37.3 Å². The molecule has 3 rings (SSSR count). The minimum absolute atomic E-state index is 0.0543. The van der Waals surface area contributed by atoms with Gasteiger partial charge >= 0.3 is 0 Å². The molecule has 2 aliphatic heterocycles. The Balaban J connectivity index is 1.77. The van der Waals surface area contributed by atoms with E-state index in [4.69, 9.17) is 9.47 Å². The molecule has 0 N–H and O–H groups in total. The second-order valence-electron chi connectivity index (χ2n) is 6.77. The van der Waals surface area contributed by atoms with E-state index in [1.54, 1.807) is 0 Å². The number of carbonyl (C=O) groups excluding carboxylic acids is 1. The van der Waals surface area contributed by atoms with Crippen molar-refractivity contribution in [2.24, 2.45) is 0 Å². The zero-order valence-electron chi connectivity index (χ0n) is 14.9. The summed E-state index contributed by atoms with van der Waals surface area (Å²) in [5.41, 5.74) is 1.00. The van der Waals surface area contributed by atoms with Crippen molar-refractivity contribution in [2.75, 3.05) is 32.8 Å². The van der Waals surface area contributed by atoms with Gasteiger partial charge in [-0.05, 0) is 26.0 Å². The van der Waals surface area contributed by atoms with E-state index < -0.39 is 6.10 Å². The van der Waals surface area contributed by atoms with Gasteiger partial charge in [0.15, 0.2) is 6.10 Å². The SMILES string of the molecule is CCN1CC(C)N(C(=O)[C@@H]2OCCO[C@@H]2c2ccccc2)CC1C. The van der Waals surface area contributed by atoms with Crippen LogP contribution in [0.5, 0.6) is 0 Å². The molecule has 5 heteroatoms. The summed E-state index contributed by atoms with van der Waals surface area (Å²) >= 11 is 0. The third kappa shape index (κ3) is 3.48. The highest BCUT2D eigenvalue weighted by Gasteiger charge is 2.40. The van der Waals surface area contributed by atoms with E-state index >= 15 is 0 Å². The summed E-state index contributed by atoms with van der Waals surface area (Å²) in [6.07, 6.45) is -0.872. The minimum Gasteiger partial charge on any atom is -0.368 e. The smallest absolute Gasteiger partial charge is 0.255 e. The topological polar surface area (TPSA) is 42.0 Å². The molecule has 2 saturated heterocycles. The number of nitrogens with zero attached hydrogens (tertiary/aromatic N) is 2. The minimum atomic E-state index is -0.552. The number of benzene rings is 1. The molecule has 1 aromatic carbocycles. The quantitative estimate of drug-likeness (QED) is 0.850. The molecule has 2 heterocycles. The number of rotatable bonds is 3. The first kappa shape index (κ1) is 17.4. The van der Waals surface area contributed by atoms with Crippen LogP contribution in [0.2, 0.25) is 0 Å². The molecule has 2 unspecified atom stereocenters. The normalized spacial score (nSPS) is 31.9. The van der Waals surface area contributed by atoms with Gasteiger partial charge in [-0.15, -0.1) is 0 Å². The molecule has 0 aromatic heterocycles. The molecule has 0 radical (unpaired) electrons. The Morgan fingerprint density at radius 1 is 1.08 bits per heavy atom. The Bertz CT molecular complexity index is 551. The van der Waals surface area contributed by atoms with Crippen molar-refractivity contribution in [1.29, 1.82) is 0 Å². The van der Waals surface area contributed by atoms with Crippen molar-refractivity contribution in [3.05, 3.63) is 35.9 Å². The molecule has 4 atom stereocenters. The Morgan fingerprint density at radius 3 is 2.50 bits per heavy atom. The van der Waals surface area contributed by atoms with Crippen LogP contribution in [-0.2, 0) is 14.3 Å². The summed E-state index contributed by atoms with van der Waals surface area (Å²) in [4.78, 5) is 17.6. The van der Waals surface area contributed by atoms with E-state index in [1.807, 2.05) is 35.2 Å². The van der Waals surface area contributed by atoms with Gasteiger partial charge < -0.3 is 14.4 Å². The van der Waals surface area contributed by atoms with E-state index in [-0.39, 0.29) is 18.1 Å². The van der Waals surface area contributed by atoms with Crippen molar-refractivity contribution in [1.82, 2.24) is 9.80 Å². The van der Waals surface area contributed by atoms with Crippen molar-refractivity contribution in [3.8, 4) is 0 Å². The number of amides is 1. The molecule has 5 nitrogen and oxygen atoms in total. The largest absolute Gasteiger partial charge is 0.368 e. The van der Waals surface area contributed by atoms with Gasteiger partial charge in [0.2, 0.25) is 0 Å². The zero-order valence-corrected chi connectivity index (χ0v) is 14.9. The Morgan fingerprint density at radius 2 is 1.79 bits per heavy atom. The van der Waals surface area contributed by atoms with Crippen LogP contribution in [-0.4, -0.2) is 66.7 Å². The second kappa shape index (κ2) is 7.64. The maximum absolute atomic E-state index is 13.2. The maximum Gasteiger partial charge on any atom is 0.255 e. The van der Waals surface area contributed by atoms with Gasteiger partial charge in [-0.25, -0.2) is 0 Å². The Kier molecular flexibility index (Phi) is 5.54. The predicted molar refractivity (Wildman–Crippen MR) is 92.8 cm³/mol. The highest BCUT2D eigenvalue weighted by atomic mass is 16.6. The average molecular weight is 332 g/mol. The number of piperazine rings is 1. The molecule has 1 aromatic rings. The van der Waals surface area contributed by atoms with Crippen LogP contribution >= 0.6 is 0 Å². The zero-order chi connectivity index (χ0) is 17.1. The predicted octanol–water partition coefficient (Wildman–Crippen LogP) is 2.08. The first-order chi connectivity index (χ1) is 11.6. The van der Waals surface area contributed by atoms with Crippen LogP contribution < -0.4 is 0 Å². The summed E-state index contributed by atoms with van der Waals surface area (Å²) in [7, 11) is 0. The first-order valence-electron chi connectivity index (χ1n) is 8.94. The summed E-state index contributed by atoms with van der Waals surface area (Å²) < 4.78 is 11.8. The molecule has 2 aliphatic rings. The van der Waals surface area contributed by atoms with Gasteiger partial charge in [-0.2, -0.15) is 0 Å². The van der Waals surface area contributed by atoms with Crippen molar-refractivity contribution in [2.45, 2.75) is 45.1 Å². The monoisotopic (exact) mass is 332 g/mol. The lowest BCUT2D eigenvalue weighted by Crippen LogP contribution is -2.60. The van der Waals surface area contributed by atoms with Gasteiger partial charge in [0, 0.05) is 25.2 Å². The molecule has 0 spiro atoms. The van der Waals surface area contributed by atoms with Gasteiger partial charge in [0.25, 0.3) is 5.91 Å². The Hall–Kier alpha value is -1.43.